The SMILES string of the molecule is Cc1ccc2c(C)c(C(C)(C)C)cc(C3CC4CCC3C4)c2n1.Cc1ccc2c(C)c(C(C)(C)C)cc(C3CCC(C)(C)CC3)c2n1.Cc1ccc2c(C)c(C(C)(C)C)cc(C3CCC(F)(F)CC3)c2n1.Cc1ccc2c(C)c(C(C)(C)C)cc(C3CCCCC3)c2n1. The van der Waals surface area contributed by atoms with Gasteiger partial charge in [0.15, 0.2) is 0 Å². The van der Waals surface area contributed by atoms with Crippen molar-refractivity contribution in [2.45, 2.75) is 313 Å². The zero-order valence-corrected chi connectivity index (χ0v) is 62.0. The van der Waals surface area contributed by atoms with Gasteiger partial charge in [0.2, 0.25) is 5.92 Å². The number of fused-ring (bicyclic) bond motifs is 6. The molecular weight excluding hydrogens is 1140 g/mol. The molecule has 3 atom stereocenters. The number of hydrogen-bond donors (Lipinski definition) is 0. The third-order valence-corrected chi connectivity index (χ3v) is 23.0. The second-order valence-corrected chi connectivity index (χ2v) is 35.1. The van der Waals surface area contributed by atoms with Crippen LogP contribution in [-0.4, -0.2) is 25.9 Å². The normalized spacial score (nSPS) is 20.5. The van der Waals surface area contributed by atoms with E-state index in [1.807, 2.05) is 13.0 Å². The molecule has 5 aliphatic rings. The summed E-state index contributed by atoms with van der Waals surface area (Å²) in [6.07, 6.45) is 18.9. The van der Waals surface area contributed by atoms with Crippen molar-refractivity contribution in [2.75, 3.05) is 0 Å². The van der Waals surface area contributed by atoms with Crippen LogP contribution < -0.4 is 0 Å². The van der Waals surface area contributed by atoms with Gasteiger partial charge in [-0.15, -0.1) is 0 Å². The zero-order chi connectivity index (χ0) is 67.7. The van der Waals surface area contributed by atoms with Crippen molar-refractivity contribution in [2.24, 2.45) is 17.3 Å². The van der Waals surface area contributed by atoms with Crippen molar-refractivity contribution >= 4 is 43.6 Å². The smallest absolute Gasteiger partial charge is 0.248 e. The van der Waals surface area contributed by atoms with Gasteiger partial charge in [-0.3, -0.25) is 19.9 Å². The van der Waals surface area contributed by atoms with Gasteiger partial charge in [-0.2, -0.15) is 0 Å². The van der Waals surface area contributed by atoms with E-state index in [2.05, 4.69) is 212 Å². The molecule has 4 nitrogen and oxygen atoms in total. The second-order valence-electron chi connectivity index (χ2n) is 35.1. The number of pyridine rings is 4. The molecule has 8 aromatic rings. The van der Waals surface area contributed by atoms with Crippen molar-refractivity contribution in [1.29, 1.82) is 0 Å². The van der Waals surface area contributed by atoms with Crippen molar-refractivity contribution in [3.8, 4) is 0 Å². The lowest BCUT2D eigenvalue weighted by atomic mass is 9.70. The first-order valence-corrected chi connectivity index (χ1v) is 36.4. The number of benzene rings is 4. The molecular formula is C87H118F2N4. The van der Waals surface area contributed by atoms with Gasteiger partial charge in [0.1, 0.15) is 0 Å². The highest BCUT2D eigenvalue weighted by atomic mass is 19.3. The average molecular weight is 1260 g/mol. The number of aryl methyl sites for hydroxylation is 8. The van der Waals surface area contributed by atoms with E-state index in [1.165, 1.54) is 183 Å². The fourth-order valence-corrected chi connectivity index (χ4v) is 17.7. The lowest BCUT2D eigenvalue weighted by Crippen LogP contribution is -2.24. The van der Waals surface area contributed by atoms with E-state index in [0.29, 0.717) is 30.1 Å². The third kappa shape index (κ3) is 15.5. The van der Waals surface area contributed by atoms with E-state index in [-0.39, 0.29) is 40.4 Å². The quantitative estimate of drug-likeness (QED) is 0.176. The molecule has 4 aromatic heterocycles. The van der Waals surface area contributed by atoms with Gasteiger partial charge in [0.25, 0.3) is 0 Å². The highest BCUT2D eigenvalue weighted by Crippen LogP contribution is 2.55. The van der Waals surface area contributed by atoms with Gasteiger partial charge in [0.05, 0.1) is 22.1 Å². The highest BCUT2D eigenvalue weighted by Gasteiger charge is 2.42. The van der Waals surface area contributed by atoms with Crippen LogP contribution in [0.15, 0.2) is 72.8 Å². The third-order valence-electron chi connectivity index (χ3n) is 23.0. The minimum absolute atomic E-state index is 0.0102. The van der Waals surface area contributed by atoms with E-state index in [4.69, 9.17) is 19.9 Å². The Kier molecular flexibility index (Phi) is 20.2. The van der Waals surface area contributed by atoms with Gasteiger partial charge in [0, 0.05) is 57.2 Å². The molecule has 0 aliphatic heterocycles. The largest absolute Gasteiger partial charge is 0.253 e. The topological polar surface area (TPSA) is 51.6 Å². The van der Waals surface area contributed by atoms with Gasteiger partial charge in [-0.25, -0.2) is 8.78 Å². The Balaban J connectivity index is 0.000000136. The Morgan fingerprint density at radius 2 is 0.656 bits per heavy atom. The molecule has 5 fully saturated rings. The first-order chi connectivity index (χ1) is 43.4. The van der Waals surface area contributed by atoms with E-state index >= 15 is 0 Å². The van der Waals surface area contributed by atoms with Crippen LogP contribution in [0.3, 0.4) is 0 Å². The van der Waals surface area contributed by atoms with Gasteiger partial charge < -0.3 is 0 Å². The standard InChI is InChI=1S/C23H33N.C22H29N.C21H27F2N.C21H29N/c1-15-8-9-18-16(2)20(22(3,4)5)14-19(21(18)24-15)17-10-12-23(6,7)13-11-17;1-13-6-9-17-14(2)20(22(3,4)5)12-19(21(17)23-13)18-11-15-7-8-16(18)10-15;1-13-6-7-16-14(2)18(20(3,4)5)12-17(19(16)24-13)15-8-10-21(22,23)11-9-15;1-14-11-12-17-15(2)19(21(3,4)5)13-18(20(17)22-14)16-9-7-6-8-10-16/h8-9,14,17H,10-13H2,1-7H3;6,9,12,15-16,18H,7-8,10-11H2,1-5H3;6-7,12,15H,8-11H2,1-5H3;11-13,16H,6-10H2,1-5H3. The molecule has 0 saturated heterocycles. The summed E-state index contributed by atoms with van der Waals surface area (Å²) < 4.78 is 27.2. The van der Waals surface area contributed by atoms with Crippen LogP contribution in [0.2, 0.25) is 0 Å². The fraction of sp³-hybridized carbons (Fsp3) is 0.586. The molecule has 4 aromatic carbocycles. The first kappa shape index (κ1) is 70.2. The molecule has 6 heteroatoms. The molecule has 0 spiro atoms. The van der Waals surface area contributed by atoms with Gasteiger partial charge in [-0.1, -0.05) is 171 Å². The molecule has 0 N–H and O–H groups in total. The Hall–Kier alpha value is -5.62. The predicted molar refractivity (Wildman–Crippen MR) is 395 cm³/mol. The van der Waals surface area contributed by atoms with E-state index in [9.17, 15) is 8.78 Å². The van der Waals surface area contributed by atoms with Crippen molar-refractivity contribution in [1.82, 2.24) is 19.9 Å². The molecule has 5 saturated carbocycles. The lowest BCUT2D eigenvalue weighted by molar-refractivity contribution is -0.0381. The van der Waals surface area contributed by atoms with Gasteiger partial charge >= 0.3 is 0 Å². The Bertz CT molecular complexity index is 3880. The van der Waals surface area contributed by atoms with Crippen LogP contribution in [0, 0.1) is 72.6 Å². The highest BCUT2D eigenvalue weighted by molar-refractivity contribution is 5.90. The van der Waals surface area contributed by atoms with E-state index in [0.717, 1.165) is 46.0 Å². The second kappa shape index (κ2) is 26.8. The number of halogens is 2. The van der Waals surface area contributed by atoms with Crippen molar-refractivity contribution in [3.63, 3.8) is 0 Å². The first-order valence-electron chi connectivity index (χ1n) is 36.4. The Morgan fingerprint density at radius 1 is 0.355 bits per heavy atom. The minimum atomic E-state index is -2.49. The van der Waals surface area contributed by atoms with Crippen LogP contribution in [-0.2, 0) is 21.7 Å². The molecule has 3 unspecified atom stereocenters. The lowest BCUT2D eigenvalue weighted by Gasteiger charge is -2.35. The molecule has 0 amide bonds. The molecule has 4 heterocycles. The van der Waals surface area contributed by atoms with Crippen LogP contribution >= 0.6 is 0 Å². The molecule has 13 rings (SSSR count). The summed E-state index contributed by atoms with van der Waals surface area (Å²) in [6, 6.07) is 27.3. The van der Waals surface area contributed by atoms with Crippen LogP contribution in [0.5, 0.6) is 0 Å². The zero-order valence-electron chi connectivity index (χ0n) is 62.0. The Morgan fingerprint density at radius 3 is 0.957 bits per heavy atom. The van der Waals surface area contributed by atoms with Crippen molar-refractivity contribution < 1.29 is 8.78 Å². The molecule has 2 bridgehead atoms. The summed E-state index contributed by atoms with van der Waals surface area (Å²) in [6.45, 7) is 49.8. The maximum atomic E-state index is 13.6. The number of alkyl halides is 2. The van der Waals surface area contributed by atoms with Crippen LogP contribution in [0.1, 0.15) is 319 Å². The average Bonchev–Trinajstić information content (AvgIpc) is 1.69. The molecule has 5 aliphatic carbocycles. The Labute approximate surface area is 561 Å². The number of nitrogens with zero attached hydrogens (tertiary/aromatic N) is 4. The summed E-state index contributed by atoms with van der Waals surface area (Å²) in [5, 5.41) is 5.26. The van der Waals surface area contributed by atoms with Crippen LogP contribution in [0.25, 0.3) is 43.6 Å². The summed E-state index contributed by atoms with van der Waals surface area (Å²) in [4.78, 5) is 19.7. The predicted octanol–water partition coefficient (Wildman–Crippen LogP) is 25.5. The maximum absolute atomic E-state index is 13.6. The monoisotopic (exact) mass is 1260 g/mol. The summed E-state index contributed by atoms with van der Waals surface area (Å²) in [7, 11) is 0. The molecule has 93 heavy (non-hydrogen) atoms. The summed E-state index contributed by atoms with van der Waals surface area (Å²) in [5.41, 5.74) is 27.3. The summed E-state index contributed by atoms with van der Waals surface area (Å²) >= 11 is 0. The van der Waals surface area contributed by atoms with Crippen LogP contribution in [0.4, 0.5) is 8.78 Å². The minimum Gasteiger partial charge on any atom is -0.253 e. The number of hydrogen-bond acceptors (Lipinski definition) is 4. The number of rotatable bonds is 4. The van der Waals surface area contributed by atoms with Crippen molar-refractivity contribution in [3.05, 3.63) is 162 Å². The van der Waals surface area contributed by atoms with Gasteiger partial charge in [-0.05, 0) is 280 Å². The van der Waals surface area contributed by atoms with E-state index in [1.54, 1.807) is 5.56 Å². The summed E-state index contributed by atoms with van der Waals surface area (Å²) in [5.74, 6) is 1.68. The molecule has 0 radical (unpaired) electrons. The van der Waals surface area contributed by atoms with E-state index < -0.39 is 5.92 Å². The molecule has 500 valence electrons. The number of aromatic nitrogens is 4. The maximum Gasteiger partial charge on any atom is 0.248 e. The fourth-order valence-electron chi connectivity index (χ4n) is 17.7.